The summed E-state index contributed by atoms with van der Waals surface area (Å²) in [6.45, 7) is 6.21. The molecule has 7 nitrogen and oxygen atoms in total. The smallest absolute Gasteiger partial charge is 0.231 e. The third-order valence-corrected chi connectivity index (χ3v) is 2.82. The van der Waals surface area contributed by atoms with Gasteiger partial charge in [-0.25, -0.2) is 4.98 Å². The third-order valence-electron chi connectivity index (χ3n) is 2.82. The molecule has 1 heterocycles. The van der Waals surface area contributed by atoms with Crippen molar-refractivity contribution < 1.29 is 10.0 Å². The number of amides is 1. The van der Waals surface area contributed by atoms with Gasteiger partial charge in [-0.3, -0.25) is 4.79 Å². The highest BCUT2D eigenvalue weighted by Crippen LogP contribution is 2.11. The summed E-state index contributed by atoms with van der Waals surface area (Å²) in [5.74, 6) is -0.980. The monoisotopic (exact) mass is 267 g/mol. The van der Waals surface area contributed by atoms with Crippen molar-refractivity contribution in [2.45, 2.75) is 33.4 Å². The molecule has 1 aromatic heterocycles. The van der Waals surface area contributed by atoms with Crippen LogP contribution < -0.4 is 11.1 Å². The molecule has 0 radical (unpaired) electrons. The van der Waals surface area contributed by atoms with E-state index in [1.54, 1.807) is 12.5 Å². The summed E-state index contributed by atoms with van der Waals surface area (Å²) < 4.78 is 1.87. The molecule has 2 unspecified atom stereocenters. The number of carbonyl (C=O) groups excluding carboxylic acids is 1. The Hall–Kier alpha value is -2.05. The Bertz CT molecular complexity index is 427. The molecule has 1 rings (SSSR count). The predicted molar refractivity (Wildman–Crippen MR) is 71.6 cm³/mol. The second-order valence-electron chi connectivity index (χ2n) is 4.92. The number of nitrogens with one attached hydrogen (secondary N) is 1. The van der Waals surface area contributed by atoms with Gasteiger partial charge in [-0.2, -0.15) is 0 Å². The zero-order valence-electron chi connectivity index (χ0n) is 11.4. The van der Waals surface area contributed by atoms with Gasteiger partial charge in [-0.05, 0) is 12.8 Å². The number of rotatable bonds is 6. The Labute approximate surface area is 112 Å². The molecule has 0 fully saturated rings. The Morgan fingerprint density at radius 2 is 2.21 bits per heavy atom. The van der Waals surface area contributed by atoms with Gasteiger partial charge in [0.15, 0.2) is 5.84 Å². The van der Waals surface area contributed by atoms with Crippen LogP contribution in [0.2, 0.25) is 0 Å². The molecule has 0 aromatic carbocycles. The van der Waals surface area contributed by atoms with Crippen LogP contribution in [0.3, 0.4) is 0 Å². The molecule has 0 bridgehead atoms. The number of hydrogen-bond donors (Lipinski definition) is 3. The van der Waals surface area contributed by atoms with Gasteiger partial charge >= 0.3 is 0 Å². The summed E-state index contributed by atoms with van der Waals surface area (Å²) in [7, 11) is 0. The highest BCUT2D eigenvalue weighted by Gasteiger charge is 2.27. The summed E-state index contributed by atoms with van der Waals surface area (Å²) in [6, 6.07) is -0.0746. The maximum Gasteiger partial charge on any atom is 0.231 e. The molecule has 0 saturated carbocycles. The Morgan fingerprint density at radius 3 is 2.68 bits per heavy atom. The highest BCUT2D eigenvalue weighted by atomic mass is 16.4. The van der Waals surface area contributed by atoms with Crippen LogP contribution in [0.4, 0.5) is 0 Å². The summed E-state index contributed by atoms with van der Waals surface area (Å²) in [5.41, 5.74) is 5.55. The van der Waals surface area contributed by atoms with Gasteiger partial charge in [-0.1, -0.05) is 19.0 Å². The van der Waals surface area contributed by atoms with Gasteiger partial charge in [-0.15, -0.1) is 0 Å². The third kappa shape index (κ3) is 4.27. The normalized spacial score (nSPS) is 15.3. The molecule has 0 saturated heterocycles. The standard InChI is InChI=1S/C12H21N5O2/c1-8(2)10(11(13)16-19)12(18)15-9(3)6-17-5-4-14-7-17/h4-5,7-10,19H,6H2,1-3H3,(H2,13,16)(H,15,18). The Balaban J connectivity index is 2.61. The number of hydrogen-bond acceptors (Lipinski definition) is 4. The van der Waals surface area contributed by atoms with Crippen LogP contribution in [0.1, 0.15) is 20.8 Å². The average Bonchev–Trinajstić information content (AvgIpc) is 2.80. The number of imidazole rings is 1. The van der Waals surface area contributed by atoms with E-state index < -0.39 is 5.92 Å². The molecular formula is C12H21N5O2. The van der Waals surface area contributed by atoms with Crippen LogP contribution in [-0.2, 0) is 11.3 Å². The lowest BCUT2D eigenvalue weighted by Crippen LogP contribution is -2.45. The molecule has 7 heteroatoms. The van der Waals surface area contributed by atoms with Gasteiger partial charge in [0.1, 0.15) is 5.92 Å². The number of oxime groups is 1. The van der Waals surface area contributed by atoms with Crippen LogP contribution in [0.5, 0.6) is 0 Å². The van der Waals surface area contributed by atoms with E-state index in [4.69, 9.17) is 10.9 Å². The van der Waals surface area contributed by atoms with Crippen LogP contribution in [0.15, 0.2) is 23.9 Å². The molecule has 106 valence electrons. The van der Waals surface area contributed by atoms with Crippen molar-refractivity contribution in [1.82, 2.24) is 14.9 Å². The van der Waals surface area contributed by atoms with Crippen LogP contribution >= 0.6 is 0 Å². The number of nitrogens with zero attached hydrogens (tertiary/aromatic N) is 3. The first kappa shape index (κ1) is 15.0. The van der Waals surface area contributed by atoms with Gasteiger partial charge in [0, 0.05) is 25.0 Å². The summed E-state index contributed by atoms with van der Waals surface area (Å²) in [6.07, 6.45) is 5.19. The molecule has 19 heavy (non-hydrogen) atoms. The van der Waals surface area contributed by atoms with Crippen molar-refractivity contribution in [3.63, 3.8) is 0 Å². The summed E-state index contributed by atoms with van der Waals surface area (Å²) in [5, 5.41) is 14.5. The van der Waals surface area contributed by atoms with E-state index in [0.29, 0.717) is 6.54 Å². The lowest BCUT2D eigenvalue weighted by Gasteiger charge is -2.22. The van der Waals surface area contributed by atoms with Crippen molar-refractivity contribution in [2.75, 3.05) is 0 Å². The fourth-order valence-electron chi connectivity index (χ4n) is 1.93. The molecule has 2 atom stereocenters. The van der Waals surface area contributed by atoms with E-state index in [2.05, 4.69) is 15.5 Å². The topological polar surface area (TPSA) is 106 Å². The van der Waals surface area contributed by atoms with E-state index >= 15 is 0 Å². The predicted octanol–water partition coefficient (Wildman–Crippen LogP) is 0.406. The first-order chi connectivity index (χ1) is 8.95. The Kier molecular flexibility index (Phi) is 5.35. The molecule has 1 amide bonds. The van der Waals surface area contributed by atoms with E-state index in [-0.39, 0.29) is 23.7 Å². The van der Waals surface area contributed by atoms with E-state index in [0.717, 1.165) is 0 Å². The largest absolute Gasteiger partial charge is 0.409 e. The molecule has 0 spiro atoms. The van der Waals surface area contributed by atoms with Crippen LogP contribution in [0.25, 0.3) is 0 Å². The van der Waals surface area contributed by atoms with E-state index in [1.807, 2.05) is 31.5 Å². The maximum atomic E-state index is 12.1. The quantitative estimate of drug-likeness (QED) is 0.300. The average molecular weight is 267 g/mol. The zero-order valence-corrected chi connectivity index (χ0v) is 11.4. The molecule has 1 aromatic rings. The molecule has 0 aliphatic heterocycles. The molecule has 0 aliphatic rings. The minimum absolute atomic E-state index is 0.0451. The van der Waals surface area contributed by atoms with Crippen molar-refractivity contribution in [2.24, 2.45) is 22.7 Å². The highest BCUT2D eigenvalue weighted by molar-refractivity contribution is 6.02. The lowest BCUT2D eigenvalue weighted by atomic mass is 9.93. The number of aromatic nitrogens is 2. The first-order valence-electron chi connectivity index (χ1n) is 6.19. The van der Waals surface area contributed by atoms with Gasteiger partial charge < -0.3 is 20.8 Å². The van der Waals surface area contributed by atoms with Crippen molar-refractivity contribution >= 4 is 11.7 Å². The van der Waals surface area contributed by atoms with Gasteiger partial charge in [0.25, 0.3) is 0 Å². The minimum atomic E-state index is -0.629. The molecular weight excluding hydrogens is 246 g/mol. The van der Waals surface area contributed by atoms with E-state index in [1.165, 1.54) is 0 Å². The van der Waals surface area contributed by atoms with Crippen molar-refractivity contribution in [3.05, 3.63) is 18.7 Å². The zero-order chi connectivity index (χ0) is 14.4. The van der Waals surface area contributed by atoms with Crippen molar-refractivity contribution in [3.8, 4) is 0 Å². The fourth-order valence-corrected chi connectivity index (χ4v) is 1.93. The second kappa shape index (κ2) is 6.77. The fraction of sp³-hybridized carbons (Fsp3) is 0.583. The maximum absolute atomic E-state index is 12.1. The summed E-state index contributed by atoms with van der Waals surface area (Å²) in [4.78, 5) is 16.1. The van der Waals surface area contributed by atoms with Crippen molar-refractivity contribution in [1.29, 1.82) is 0 Å². The molecule has 0 aliphatic carbocycles. The first-order valence-corrected chi connectivity index (χ1v) is 6.19. The minimum Gasteiger partial charge on any atom is -0.409 e. The van der Waals surface area contributed by atoms with E-state index in [9.17, 15) is 4.79 Å². The second-order valence-corrected chi connectivity index (χ2v) is 4.92. The SMILES string of the molecule is CC(Cn1ccnc1)NC(=O)C(C(N)=NO)C(C)C. The number of nitrogens with two attached hydrogens (primary N) is 1. The van der Waals surface area contributed by atoms with Crippen LogP contribution in [-0.4, -0.2) is 32.5 Å². The van der Waals surface area contributed by atoms with Gasteiger partial charge in [0.05, 0.1) is 6.33 Å². The molecule has 4 N–H and O–H groups in total. The number of carbonyl (C=O) groups is 1. The van der Waals surface area contributed by atoms with Gasteiger partial charge in [0.2, 0.25) is 5.91 Å². The lowest BCUT2D eigenvalue weighted by molar-refractivity contribution is -0.124. The number of amidine groups is 1. The summed E-state index contributed by atoms with van der Waals surface area (Å²) >= 11 is 0. The van der Waals surface area contributed by atoms with Crippen LogP contribution in [0, 0.1) is 11.8 Å². The Morgan fingerprint density at radius 1 is 1.53 bits per heavy atom.